The largest absolute Gasteiger partial charge is 0.381 e. The molecule has 0 radical (unpaired) electrons. The van der Waals surface area contributed by atoms with Crippen molar-refractivity contribution in [2.45, 2.75) is 12.5 Å². The molecule has 118 valence electrons. The fourth-order valence-corrected chi connectivity index (χ4v) is 3.16. The van der Waals surface area contributed by atoms with Crippen molar-refractivity contribution in [2.75, 3.05) is 80.2 Å². The zero-order valence-corrected chi connectivity index (χ0v) is 13.5. The summed E-state index contributed by atoms with van der Waals surface area (Å²) >= 11 is 0. The molecular weight excluding hydrogens is 252 g/mol. The highest BCUT2D eigenvalue weighted by Gasteiger charge is 2.27. The fourth-order valence-electron chi connectivity index (χ4n) is 3.16. The number of nitrogens with one attached hydrogen (secondary N) is 1. The van der Waals surface area contributed by atoms with Crippen LogP contribution in [0.3, 0.4) is 0 Å². The quantitative estimate of drug-likeness (QED) is 0.699. The molecule has 0 amide bonds. The van der Waals surface area contributed by atoms with Gasteiger partial charge in [-0.05, 0) is 27.6 Å². The van der Waals surface area contributed by atoms with Gasteiger partial charge in [-0.15, -0.1) is 0 Å². The van der Waals surface area contributed by atoms with Crippen molar-refractivity contribution >= 4 is 0 Å². The van der Waals surface area contributed by atoms with Crippen LogP contribution in [0.25, 0.3) is 0 Å². The first-order valence-corrected chi connectivity index (χ1v) is 8.03. The first-order valence-electron chi connectivity index (χ1n) is 8.03. The Hall–Kier alpha value is -0.200. The molecular formula is C15H32N4O. The molecule has 0 aromatic heterocycles. The van der Waals surface area contributed by atoms with E-state index in [0.717, 1.165) is 13.2 Å². The van der Waals surface area contributed by atoms with Crippen molar-refractivity contribution in [2.24, 2.45) is 5.92 Å². The first-order chi connectivity index (χ1) is 9.69. The van der Waals surface area contributed by atoms with Crippen LogP contribution in [-0.2, 0) is 4.74 Å². The lowest BCUT2D eigenvalue weighted by atomic mass is 9.98. The van der Waals surface area contributed by atoms with Gasteiger partial charge in [0.15, 0.2) is 0 Å². The summed E-state index contributed by atoms with van der Waals surface area (Å²) in [6, 6.07) is 0.589. The summed E-state index contributed by atoms with van der Waals surface area (Å²) in [5.74, 6) is 0.701. The highest BCUT2D eigenvalue weighted by atomic mass is 16.5. The Morgan fingerprint density at radius 3 is 2.45 bits per heavy atom. The van der Waals surface area contributed by atoms with E-state index in [-0.39, 0.29) is 0 Å². The van der Waals surface area contributed by atoms with Gasteiger partial charge in [-0.2, -0.15) is 0 Å². The number of piperazine rings is 1. The maximum absolute atomic E-state index is 5.53. The lowest BCUT2D eigenvalue weighted by molar-refractivity contribution is 0.106. The van der Waals surface area contributed by atoms with Gasteiger partial charge in [-0.1, -0.05) is 0 Å². The molecule has 2 fully saturated rings. The molecule has 5 nitrogen and oxygen atoms in total. The minimum Gasteiger partial charge on any atom is -0.381 e. The van der Waals surface area contributed by atoms with Gasteiger partial charge < -0.3 is 15.0 Å². The summed E-state index contributed by atoms with van der Waals surface area (Å²) in [5.41, 5.74) is 0. The van der Waals surface area contributed by atoms with Crippen molar-refractivity contribution in [1.82, 2.24) is 20.0 Å². The molecule has 1 N–H and O–H groups in total. The van der Waals surface area contributed by atoms with Crippen LogP contribution >= 0.6 is 0 Å². The number of likely N-dealkylation sites (N-methyl/N-ethyl adjacent to an activating group) is 2. The van der Waals surface area contributed by atoms with Crippen LogP contribution in [0.2, 0.25) is 0 Å². The molecule has 2 unspecified atom stereocenters. The number of rotatable bonds is 7. The van der Waals surface area contributed by atoms with Crippen LogP contribution in [0, 0.1) is 5.92 Å². The molecule has 2 aliphatic rings. The average molecular weight is 284 g/mol. The molecule has 2 aliphatic heterocycles. The van der Waals surface area contributed by atoms with E-state index in [4.69, 9.17) is 4.74 Å². The second kappa shape index (κ2) is 8.29. The monoisotopic (exact) mass is 284 g/mol. The zero-order valence-electron chi connectivity index (χ0n) is 13.5. The van der Waals surface area contributed by atoms with E-state index < -0.39 is 0 Å². The van der Waals surface area contributed by atoms with E-state index in [9.17, 15) is 0 Å². The van der Waals surface area contributed by atoms with Crippen molar-refractivity contribution in [3.05, 3.63) is 0 Å². The molecule has 5 heteroatoms. The highest BCUT2D eigenvalue weighted by molar-refractivity contribution is 4.83. The lowest BCUT2D eigenvalue weighted by Crippen LogP contribution is -2.52. The number of ether oxygens (including phenoxy) is 1. The molecule has 2 atom stereocenters. The molecule has 20 heavy (non-hydrogen) atoms. The Balaban J connectivity index is 1.67. The number of hydrogen-bond acceptors (Lipinski definition) is 5. The standard InChI is InChI=1S/C15H32N4O/c1-16-15(14-4-11-20-13-14)12-19-9-7-18(8-10-19)6-5-17(2)3/h14-16H,4-13H2,1-3H3. The molecule has 0 saturated carbocycles. The number of hydrogen-bond donors (Lipinski definition) is 1. The van der Waals surface area contributed by atoms with Gasteiger partial charge in [0.05, 0.1) is 6.61 Å². The van der Waals surface area contributed by atoms with Gasteiger partial charge in [-0.25, -0.2) is 0 Å². The summed E-state index contributed by atoms with van der Waals surface area (Å²) < 4.78 is 5.53. The fraction of sp³-hybridized carbons (Fsp3) is 1.00. The third-order valence-electron chi connectivity index (χ3n) is 4.69. The van der Waals surface area contributed by atoms with Crippen molar-refractivity contribution in [3.8, 4) is 0 Å². The lowest BCUT2D eigenvalue weighted by Gasteiger charge is -2.37. The van der Waals surface area contributed by atoms with Gasteiger partial charge in [-0.3, -0.25) is 9.80 Å². The third kappa shape index (κ3) is 4.97. The Bertz CT molecular complexity index is 261. The first kappa shape index (κ1) is 16.2. The zero-order chi connectivity index (χ0) is 14.4. The normalized spacial score (nSPS) is 27.3. The number of nitrogens with zero attached hydrogens (tertiary/aromatic N) is 3. The second-order valence-corrected chi connectivity index (χ2v) is 6.46. The van der Waals surface area contributed by atoms with Crippen LogP contribution in [0.1, 0.15) is 6.42 Å². The molecule has 2 heterocycles. The Morgan fingerprint density at radius 1 is 1.20 bits per heavy atom. The van der Waals surface area contributed by atoms with Gasteiger partial charge in [0.25, 0.3) is 0 Å². The molecule has 2 saturated heterocycles. The van der Waals surface area contributed by atoms with E-state index in [2.05, 4.69) is 41.2 Å². The third-order valence-corrected chi connectivity index (χ3v) is 4.69. The van der Waals surface area contributed by atoms with Gasteiger partial charge in [0, 0.05) is 64.4 Å². The summed E-state index contributed by atoms with van der Waals surface area (Å²) in [6.45, 7) is 10.3. The predicted molar refractivity (Wildman–Crippen MR) is 83.2 cm³/mol. The molecule has 0 spiro atoms. The van der Waals surface area contributed by atoms with Crippen LogP contribution < -0.4 is 5.32 Å². The molecule has 0 aromatic carbocycles. The van der Waals surface area contributed by atoms with E-state index in [1.807, 2.05) is 0 Å². The van der Waals surface area contributed by atoms with E-state index >= 15 is 0 Å². The van der Waals surface area contributed by atoms with E-state index in [1.54, 1.807) is 0 Å². The minimum absolute atomic E-state index is 0.589. The summed E-state index contributed by atoms with van der Waals surface area (Å²) in [6.07, 6.45) is 1.22. The summed E-state index contributed by atoms with van der Waals surface area (Å²) in [4.78, 5) is 7.47. The topological polar surface area (TPSA) is 31.0 Å². The summed E-state index contributed by atoms with van der Waals surface area (Å²) in [5, 5.41) is 3.50. The summed E-state index contributed by atoms with van der Waals surface area (Å²) in [7, 11) is 6.39. The SMILES string of the molecule is CNC(CN1CCN(CCN(C)C)CC1)C1CCOC1. The molecule has 0 aromatic rings. The van der Waals surface area contributed by atoms with Crippen molar-refractivity contribution in [1.29, 1.82) is 0 Å². The molecule has 2 rings (SSSR count). The minimum atomic E-state index is 0.589. The second-order valence-electron chi connectivity index (χ2n) is 6.46. The van der Waals surface area contributed by atoms with E-state index in [1.165, 1.54) is 52.2 Å². The van der Waals surface area contributed by atoms with Crippen LogP contribution in [-0.4, -0.2) is 101 Å². The van der Waals surface area contributed by atoms with Crippen molar-refractivity contribution in [3.63, 3.8) is 0 Å². The van der Waals surface area contributed by atoms with Gasteiger partial charge in [0.2, 0.25) is 0 Å². The van der Waals surface area contributed by atoms with Crippen LogP contribution in [0.4, 0.5) is 0 Å². The van der Waals surface area contributed by atoms with E-state index in [0.29, 0.717) is 12.0 Å². The predicted octanol–water partition coefficient (Wildman–Crippen LogP) is -0.210. The molecule has 0 bridgehead atoms. The maximum Gasteiger partial charge on any atom is 0.0510 e. The Kier molecular flexibility index (Phi) is 6.71. The van der Waals surface area contributed by atoms with Crippen LogP contribution in [0.5, 0.6) is 0 Å². The molecule has 0 aliphatic carbocycles. The average Bonchev–Trinajstić information content (AvgIpc) is 2.97. The van der Waals surface area contributed by atoms with Crippen molar-refractivity contribution < 1.29 is 4.74 Å². The Labute approximate surface area is 124 Å². The highest BCUT2D eigenvalue weighted by Crippen LogP contribution is 2.18. The Morgan fingerprint density at radius 2 is 1.90 bits per heavy atom. The smallest absolute Gasteiger partial charge is 0.0510 e. The van der Waals surface area contributed by atoms with Gasteiger partial charge in [0.1, 0.15) is 0 Å². The van der Waals surface area contributed by atoms with Crippen LogP contribution in [0.15, 0.2) is 0 Å². The van der Waals surface area contributed by atoms with Gasteiger partial charge >= 0.3 is 0 Å². The maximum atomic E-state index is 5.53.